The van der Waals surface area contributed by atoms with E-state index in [1.807, 2.05) is 11.3 Å². The Kier molecular flexibility index (Phi) is 3.00. The lowest BCUT2D eigenvalue weighted by Gasteiger charge is -2.09. The van der Waals surface area contributed by atoms with Gasteiger partial charge in [0.05, 0.1) is 5.52 Å². The minimum absolute atomic E-state index is 1.00. The third-order valence-corrected chi connectivity index (χ3v) is 7.40. The standard InChI is InChI=1S/C27H17NS/c1-2-11-20-23(13-3-1)29-27-19-10-5-4-9-17(19)24-21(25(20)27)15-14-18-16-8-6-7-12-22(16)28-26(18)24/h2-15,28H,1H2. The summed E-state index contributed by atoms with van der Waals surface area (Å²) in [4.78, 5) is 5.10. The average molecular weight is 388 g/mol. The number of hydrogen-bond donors (Lipinski definition) is 1. The number of fused-ring (bicyclic) bond motifs is 12. The molecule has 29 heavy (non-hydrogen) atoms. The molecule has 2 aromatic heterocycles. The fraction of sp³-hybridized carbons (Fsp3) is 0.0370. The van der Waals surface area contributed by atoms with Gasteiger partial charge in [0.2, 0.25) is 0 Å². The van der Waals surface area contributed by atoms with Crippen LogP contribution in [0.3, 0.4) is 0 Å². The number of hydrogen-bond acceptors (Lipinski definition) is 1. The minimum Gasteiger partial charge on any atom is -0.354 e. The Labute approximate surface area is 171 Å². The molecule has 0 unspecified atom stereocenters. The number of thiophene rings is 1. The van der Waals surface area contributed by atoms with Crippen molar-refractivity contribution in [3.05, 3.63) is 83.3 Å². The SMILES string of the molecule is C1=Cc2sc3c4ccccc4c4c(ccc5c6ccccc6[nH]c54)c3c2C=CC1. The summed E-state index contributed by atoms with van der Waals surface area (Å²) in [6.07, 6.45) is 10.1. The molecule has 0 radical (unpaired) electrons. The van der Waals surface area contributed by atoms with Crippen LogP contribution in [0.4, 0.5) is 0 Å². The molecule has 6 aromatic rings. The minimum atomic E-state index is 1.00. The maximum absolute atomic E-state index is 3.73. The van der Waals surface area contributed by atoms with E-state index in [-0.39, 0.29) is 0 Å². The molecule has 0 bridgehead atoms. The zero-order valence-electron chi connectivity index (χ0n) is 15.7. The van der Waals surface area contributed by atoms with Crippen molar-refractivity contribution in [2.75, 3.05) is 0 Å². The lowest BCUT2D eigenvalue weighted by Crippen LogP contribution is -1.83. The summed E-state index contributed by atoms with van der Waals surface area (Å²) in [5.41, 5.74) is 3.81. The molecular formula is C27H17NS. The molecule has 0 saturated carbocycles. The molecule has 1 aliphatic carbocycles. The Morgan fingerprint density at radius 3 is 2.34 bits per heavy atom. The number of aromatic nitrogens is 1. The molecule has 0 atom stereocenters. The maximum atomic E-state index is 3.73. The van der Waals surface area contributed by atoms with Crippen molar-refractivity contribution < 1.29 is 0 Å². The van der Waals surface area contributed by atoms with Gasteiger partial charge in [-0.3, -0.25) is 0 Å². The van der Waals surface area contributed by atoms with Crippen molar-refractivity contribution in [1.82, 2.24) is 4.98 Å². The number of H-pyrrole nitrogens is 1. The summed E-state index contributed by atoms with van der Waals surface area (Å²) >= 11 is 1.92. The highest BCUT2D eigenvalue weighted by molar-refractivity contribution is 7.21. The number of aromatic amines is 1. The smallest absolute Gasteiger partial charge is 0.0551 e. The maximum Gasteiger partial charge on any atom is 0.0551 e. The second kappa shape index (κ2) is 5.59. The van der Waals surface area contributed by atoms with Gasteiger partial charge in [-0.2, -0.15) is 0 Å². The summed E-state index contributed by atoms with van der Waals surface area (Å²) in [6.45, 7) is 0. The van der Waals surface area contributed by atoms with Crippen LogP contribution in [0.1, 0.15) is 16.9 Å². The van der Waals surface area contributed by atoms with Crippen molar-refractivity contribution in [3.63, 3.8) is 0 Å². The van der Waals surface area contributed by atoms with Gasteiger partial charge in [-0.15, -0.1) is 11.3 Å². The van der Waals surface area contributed by atoms with Crippen molar-refractivity contribution in [1.29, 1.82) is 0 Å². The Balaban J connectivity index is 1.83. The number of nitrogens with one attached hydrogen (secondary N) is 1. The quantitative estimate of drug-likeness (QED) is 0.252. The molecule has 2 heterocycles. The van der Waals surface area contributed by atoms with Gasteiger partial charge in [0, 0.05) is 47.6 Å². The Hall–Kier alpha value is -3.36. The fourth-order valence-electron chi connectivity index (χ4n) is 4.95. The van der Waals surface area contributed by atoms with Crippen LogP contribution < -0.4 is 0 Å². The van der Waals surface area contributed by atoms with Crippen LogP contribution >= 0.6 is 11.3 Å². The predicted octanol–water partition coefficient (Wildman–Crippen LogP) is 8.27. The van der Waals surface area contributed by atoms with Crippen LogP contribution in [-0.2, 0) is 0 Å². The second-order valence-electron chi connectivity index (χ2n) is 7.75. The average Bonchev–Trinajstić information content (AvgIpc) is 3.24. The molecule has 0 saturated heterocycles. The first-order chi connectivity index (χ1) is 14.4. The second-order valence-corrected chi connectivity index (χ2v) is 8.80. The van der Waals surface area contributed by atoms with Gasteiger partial charge in [0.1, 0.15) is 0 Å². The highest BCUT2D eigenvalue weighted by atomic mass is 32.1. The zero-order chi connectivity index (χ0) is 18.9. The summed E-state index contributed by atoms with van der Waals surface area (Å²) in [5.74, 6) is 0. The summed E-state index contributed by atoms with van der Waals surface area (Å²) in [5, 5.41) is 9.34. The van der Waals surface area contributed by atoms with E-state index in [9.17, 15) is 0 Å². The fourth-order valence-corrected chi connectivity index (χ4v) is 6.23. The molecule has 1 nitrogen and oxygen atoms in total. The van der Waals surface area contributed by atoms with Gasteiger partial charge >= 0.3 is 0 Å². The van der Waals surface area contributed by atoms with Crippen LogP contribution in [0.2, 0.25) is 0 Å². The molecule has 1 N–H and O–H groups in total. The molecule has 0 fully saturated rings. The molecule has 2 heteroatoms. The van der Waals surface area contributed by atoms with E-state index in [4.69, 9.17) is 0 Å². The van der Waals surface area contributed by atoms with E-state index >= 15 is 0 Å². The largest absolute Gasteiger partial charge is 0.354 e. The first kappa shape index (κ1) is 15.5. The highest BCUT2D eigenvalue weighted by Gasteiger charge is 2.19. The molecular weight excluding hydrogens is 370 g/mol. The van der Waals surface area contributed by atoms with E-state index in [2.05, 4.69) is 90.0 Å². The van der Waals surface area contributed by atoms with Gasteiger partial charge in [0.15, 0.2) is 0 Å². The van der Waals surface area contributed by atoms with Gasteiger partial charge in [0.25, 0.3) is 0 Å². The van der Waals surface area contributed by atoms with Crippen LogP contribution in [0, 0.1) is 0 Å². The number of benzene rings is 4. The van der Waals surface area contributed by atoms with Crippen molar-refractivity contribution in [3.8, 4) is 0 Å². The van der Waals surface area contributed by atoms with E-state index in [0.717, 1.165) is 6.42 Å². The molecule has 136 valence electrons. The van der Waals surface area contributed by atoms with Gasteiger partial charge in [-0.25, -0.2) is 0 Å². The monoisotopic (exact) mass is 387 g/mol. The van der Waals surface area contributed by atoms with E-state index in [1.54, 1.807) is 0 Å². The van der Waals surface area contributed by atoms with Gasteiger partial charge in [-0.1, -0.05) is 72.8 Å². The first-order valence-electron chi connectivity index (χ1n) is 10.0. The van der Waals surface area contributed by atoms with E-state index in [1.165, 1.54) is 63.9 Å². The summed E-state index contributed by atoms with van der Waals surface area (Å²) < 4.78 is 1.39. The molecule has 4 aromatic carbocycles. The Morgan fingerprint density at radius 1 is 0.655 bits per heavy atom. The van der Waals surface area contributed by atoms with Crippen molar-refractivity contribution >= 4 is 76.9 Å². The van der Waals surface area contributed by atoms with Crippen LogP contribution in [0.5, 0.6) is 0 Å². The molecule has 7 rings (SSSR count). The Bertz CT molecular complexity index is 1670. The van der Waals surface area contributed by atoms with Crippen LogP contribution in [0.15, 0.2) is 72.8 Å². The molecule has 0 amide bonds. The number of rotatable bonds is 0. The van der Waals surface area contributed by atoms with Crippen LogP contribution in [-0.4, -0.2) is 4.98 Å². The zero-order valence-corrected chi connectivity index (χ0v) is 16.5. The normalized spacial score (nSPS) is 13.8. The molecule has 0 spiro atoms. The highest BCUT2D eigenvalue weighted by Crippen LogP contribution is 2.46. The van der Waals surface area contributed by atoms with Gasteiger partial charge in [-0.05, 0) is 29.3 Å². The number of para-hydroxylation sites is 1. The number of allylic oxidation sites excluding steroid dienone is 2. The molecule has 1 aliphatic rings. The van der Waals surface area contributed by atoms with Crippen molar-refractivity contribution in [2.24, 2.45) is 0 Å². The summed E-state index contributed by atoms with van der Waals surface area (Å²) in [6, 6.07) is 22.1. The Morgan fingerprint density at radius 2 is 1.41 bits per heavy atom. The van der Waals surface area contributed by atoms with Gasteiger partial charge < -0.3 is 4.98 Å². The van der Waals surface area contributed by atoms with E-state index in [0.29, 0.717) is 0 Å². The topological polar surface area (TPSA) is 15.8 Å². The summed E-state index contributed by atoms with van der Waals surface area (Å²) in [7, 11) is 0. The van der Waals surface area contributed by atoms with E-state index < -0.39 is 0 Å². The predicted molar refractivity (Wildman–Crippen MR) is 129 cm³/mol. The molecule has 0 aliphatic heterocycles. The third kappa shape index (κ3) is 1.99. The first-order valence-corrected chi connectivity index (χ1v) is 10.9. The lowest BCUT2D eigenvalue weighted by atomic mass is 9.94. The third-order valence-electron chi connectivity index (χ3n) is 6.19. The van der Waals surface area contributed by atoms with Crippen molar-refractivity contribution in [2.45, 2.75) is 6.42 Å². The lowest BCUT2D eigenvalue weighted by molar-refractivity contribution is 1.44. The van der Waals surface area contributed by atoms with Crippen LogP contribution in [0.25, 0.3) is 65.6 Å².